The lowest BCUT2D eigenvalue weighted by Gasteiger charge is -2.36. The number of rotatable bonds is 6. The van der Waals surface area contributed by atoms with Crippen LogP contribution < -0.4 is 5.32 Å². The van der Waals surface area contributed by atoms with E-state index >= 15 is 0 Å². The van der Waals surface area contributed by atoms with Crippen LogP contribution in [0.25, 0.3) is 0 Å². The molecule has 0 atom stereocenters. The Balaban J connectivity index is 0.00000106. The van der Waals surface area contributed by atoms with Gasteiger partial charge in [-0.1, -0.05) is 20.8 Å². The minimum absolute atomic E-state index is 0.943. The highest BCUT2D eigenvalue weighted by molar-refractivity contribution is 4.77. The summed E-state index contributed by atoms with van der Waals surface area (Å²) in [4.78, 5) is 7.72. The van der Waals surface area contributed by atoms with Crippen LogP contribution in [0.15, 0.2) is 0 Å². The molecule has 2 aliphatic heterocycles. The molecule has 0 bridgehead atoms. The Hall–Kier alpha value is -0.160. The van der Waals surface area contributed by atoms with Gasteiger partial charge in [-0.25, -0.2) is 0 Å². The Labute approximate surface area is 132 Å². The molecular weight excluding hydrogens is 260 g/mol. The van der Waals surface area contributed by atoms with Gasteiger partial charge in [0.1, 0.15) is 0 Å². The smallest absolute Gasteiger partial charge is 0.0109 e. The molecular formula is C17H38N4. The maximum Gasteiger partial charge on any atom is 0.0109 e. The lowest BCUT2D eigenvalue weighted by atomic mass is 9.96. The van der Waals surface area contributed by atoms with E-state index in [9.17, 15) is 0 Å². The summed E-state index contributed by atoms with van der Waals surface area (Å²) in [5.74, 6) is 0.943. The Morgan fingerprint density at radius 2 is 1.62 bits per heavy atom. The minimum Gasteiger partial charge on any atom is -0.314 e. The number of likely N-dealkylation sites (N-methyl/N-ethyl adjacent to an activating group) is 1. The van der Waals surface area contributed by atoms with Crippen LogP contribution in [0.5, 0.6) is 0 Å². The number of piperidine rings is 1. The van der Waals surface area contributed by atoms with Crippen LogP contribution in [0.4, 0.5) is 0 Å². The second-order valence-electron chi connectivity index (χ2n) is 6.23. The predicted octanol–water partition coefficient (Wildman–Crippen LogP) is 1.58. The molecule has 2 rings (SSSR count). The van der Waals surface area contributed by atoms with E-state index in [1.165, 1.54) is 78.3 Å². The largest absolute Gasteiger partial charge is 0.314 e. The van der Waals surface area contributed by atoms with Gasteiger partial charge >= 0.3 is 0 Å². The summed E-state index contributed by atoms with van der Waals surface area (Å²) in [5.41, 5.74) is 0. The Bertz CT molecular complexity index is 233. The SMILES string of the molecule is CC.CCN(C)CCN1CCC(CN2CCNCC2)CC1. The number of likely N-dealkylation sites (tertiary alicyclic amines) is 1. The Kier molecular flexibility index (Phi) is 10.3. The van der Waals surface area contributed by atoms with Crippen molar-refractivity contribution in [1.82, 2.24) is 20.0 Å². The van der Waals surface area contributed by atoms with Crippen molar-refractivity contribution in [3.05, 3.63) is 0 Å². The van der Waals surface area contributed by atoms with Crippen molar-refractivity contribution in [3.63, 3.8) is 0 Å². The average molecular weight is 299 g/mol. The van der Waals surface area contributed by atoms with E-state index in [1.807, 2.05) is 13.8 Å². The van der Waals surface area contributed by atoms with E-state index in [0.717, 1.165) is 5.92 Å². The first-order chi connectivity index (χ1) is 10.3. The van der Waals surface area contributed by atoms with Crippen molar-refractivity contribution in [2.24, 2.45) is 5.92 Å². The molecule has 2 fully saturated rings. The van der Waals surface area contributed by atoms with E-state index < -0.39 is 0 Å². The third-order valence-electron chi connectivity index (χ3n) is 4.77. The maximum atomic E-state index is 3.44. The number of nitrogens with zero attached hydrogens (tertiary/aromatic N) is 3. The van der Waals surface area contributed by atoms with Crippen molar-refractivity contribution in [2.45, 2.75) is 33.6 Å². The van der Waals surface area contributed by atoms with Crippen molar-refractivity contribution in [1.29, 1.82) is 0 Å². The molecule has 2 heterocycles. The molecule has 21 heavy (non-hydrogen) atoms. The molecule has 0 aromatic rings. The summed E-state index contributed by atoms with van der Waals surface area (Å²) in [5, 5.41) is 3.44. The third-order valence-corrected chi connectivity index (χ3v) is 4.77. The molecule has 0 radical (unpaired) electrons. The molecule has 0 saturated carbocycles. The second kappa shape index (κ2) is 11.4. The molecule has 2 aliphatic rings. The van der Waals surface area contributed by atoms with Gasteiger partial charge in [0.2, 0.25) is 0 Å². The summed E-state index contributed by atoms with van der Waals surface area (Å²) in [6.07, 6.45) is 2.81. The number of hydrogen-bond acceptors (Lipinski definition) is 4. The third kappa shape index (κ3) is 7.59. The first-order valence-corrected chi connectivity index (χ1v) is 9.12. The van der Waals surface area contributed by atoms with Gasteiger partial charge in [0.05, 0.1) is 0 Å². The Morgan fingerprint density at radius 3 is 2.19 bits per heavy atom. The molecule has 0 aliphatic carbocycles. The van der Waals surface area contributed by atoms with Crippen LogP contribution in [0, 0.1) is 5.92 Å². The van der Waals surface area contributed by atoms with Gasteiger partial charge in [0.15, 0.2) is 0 Å². The van der Waals surface area contributed by atoms with Crippen molar-refractivity contribution in [2.75, 3.05) is 72.5 Å². The van der Waals surface area contributed by atoms with Crippen LogP contribution in [-0.4, -0.2) is 87.2 Å². The van der Waals surface area contributed by atoms with Gasteiger partial charge in [-0.05, 0) is 45.4 Å². The van der Waals surface area contributed by atoms with Gasteiger partial charge in [-0.15, -0.1) is 0 Å². The Morgan fingerprint density at radius 1 is 1.00 bits per heavy atom. The number of hydrogen-bond donors (Lipinski definition) is 1. The highest BCUT2D eigenvalue weighted by Gasteiger charge is 2.21. The van der Waals surface area contributed by atoms with Crippen molar-refractivity contribution < 1.29 is 0 Å². The molecule has 0 amide bonds. The predicted molar refractivity (Wildman–Crippen MR) is 93.0 cm³/mol. The fourth-order valence-electron chi connectivity index (χ4n) is 3.12. The van der Waals surface area contributed by atoms with Crippen LogP contribution in [-0.2, 0) is 0 Å². The first kappa shape index (κ1) is 18.9. The zero-order chi connectivity index (χ0) is 15.5. The molecule has 2 saturated heterocycles. The average Bonchev–Trinajstić information content (AvgIpc) is 2.56. The molecule has 0 aromatic heterocycles. The number of nitrogens with one attached hydrogen (secondary N) is 1. The zero-order valence-corrected chi connectivity index (χ0v) is 14.9. The summed E-state index contributed by atoms with van der Waals surface area (Å²) < 4.78 is 0. The normalized spacial score (nSPS) is 22.1. The molecule has 0 spiro atoms. The summed E-state index contributed by atoms with van der Waals surface area (Å²) in [6.45, 7) is 18.7. The molecule has 0 unspecified atom stereocenters. The van der Waals surface area contributed by atoms with Crippen LogP contribution in [0.2, 0.25) is 0 Å². The van der Waals surface area contributed by atoms with Crippen LogP contribution >= 0.6 is 0 Å². The highest BCUT2D eigenvalue weighted by Crippen LogP contribution is 2.18. The maximum absolute atomic E-state index is 3.44. The molecule has 4 nitrogen and oxygen atoms in total. The van der Waals surface area contributed by atoms with Gasteiger partial charge in [-0.3, -0.25) is 0 Å². The van der Waals surface area contributed by atoms with Gasteiger partial charge in [0, 0.05) is 45.8 Å². The second-order valence-corrected chi connectivity index (χ2v) is 6.23. The van der Waals surface area contributed by atoms with Gasteiger partial charge < -0.3 is 20.0 Å². The molecule has 0 aromatic carbocycles. The van der Waals surface area contributed by atoms with E-state index in [0.29, 0.717) is 0 Å². The van der Waals surface area contributed by atoms with Gasteiger partial charge in [-0.2, -0.15) is 0 Å². The standard InChI is InChI=1S/C15H32N4.C2H6/c1-3-17(2)12-13-18-8-4-15(5-9-18)14-19-10-6-16-7-11-19;1-2/h15-16H,3-14H2,1-2H3;1-2H3. The summed E-state index contributed by atoms with van der Waals surface area (Å²) in [7, 11) is 2.22. The highest BCUT2D eigenvalue weighted by atomic mass is 15.2. The fraction of sp³-hybridized carbons (Fsp3) is 1.00. The number of piperazine rings is 1. The molecule has 1 N–H and O–H groups in total. The van der Waals surface area contributed by atoms with E-state index in [1.54, 1.807) is 0 Å². The lowest BCUT2D eigenvalue weighted by molar-refractivity contribution is 0.128. The van der Waals surface area contributed by atoms with E-state index in [2.05, 4.69) is 34.0 Å². The fourth-order valence-corrected chi connectivity index (χ4v) is 3.12. The van der Waals surface area contributed by atoms with Crippen molar-refractivity contribution in [3.8, 4) is 0 Å². The van der Waals surface area contributed by atoms with Crippen LogP contribution in [0.1, 0.15) is 33.6 Å². The summed E-state index contributed by atoms with van der Waals surface area (Å²) in [6, 6.07) is 0. The van der Waals surface area contributed by atoms with E-state index in [-0.39, 0.29) is 0 Å². The topological polar surface area (TPSA) is 21.8 Å². The zero-order valence-electron chi connectivity index (χ0n) is 14.9. The van der Waals surface area contributed by atoms with Crippen molar-refractivity contribution >= 4 is 0 Å². The first-order valence-electron chi connectivity index (χ1n) is 9.12. The van der Waals surface area contributed by atoms with Gasteiger partial charge in [0.25, 0.3) is 0 Å². The van der Waals surface area contributed by atoms with Crippen LogP contribution in [0.3, 0.4) is 0 Å². The molecule has 4 heteroatoms. The quantitative estimate of drug-likeness (QED) is 0.804. The summed E-state index contributed by atoms with van der Waals surface area (Å²) >= 11 is 0. The molecule has 126 valence electrons. The minimum atomic E-state index is 0.943. The van der Waals surface area contributed by atoms with E-state index in [4.69, 9.17) is 0 Å². The lowest BCUT2D eigenvalue weighted by Crippen LogP contribution is -2.47. The monoisotopic (exact) mass is 298 g/mol.